The Morgan fingerprint density at radius 3 is 2.64 bits per heavy atom. The second-order valence-electron chi connectivity index (χ2n) is 5.31. The van der Waals surface area contributed by atoms with E-state index in [9.17, 15) is 5.11 Å². The van der Waals surface area contributed by atoms with Gasteiger partial charge in [0.15, 0.2) is 0 Å². The van der Waals surface area contributed by atoms with Crippen LogP contribution in [-0.2, 0) is 0 Å². The summed E-state index contributed by atoms with van der Waals surface area (Å²) in [6.45, 7) is 8.16. The molecular weight excluding hydrogens is 176 g/mol. The van der Waals surface area contributed by atoms with Crippen molar-refractivity contribution >= 4 is 0 Å². The summed E-state index contributed by atoms with van der Waals surface area (Å²) in [5.41, 5.74) is 5.85. The normalized spacial score (nSPS) is 30.6. The first-order chi connectivity index (χ1) is 6.38. The van der Waals surface area contributed by atoms with E-state index in [1.165, 1.54) is 0 Å². The van der Waals surface area contributed by atoms with Crippen molar-refractivity contribution in [2.24, 2.45) is 5.73 Å². The summed E-state index contributed by atoms with van der Waals surface area (Å²) < 4.78 is 0. The lowest BCUT2D eigenvalue weighted by Crippen LogP contribution is -2.47. The number of hydrogen-bond acceptors (Lipinski definition) is 3. The zero-order valence-electron chi connectivity index (χ0n) is 9.66. The first-order valence-corrected chi connectivity index (χ1v) is 5.59. The number of rotatable bonds is 3. The van der Waals surface area contributed by atoms with Gasteiger partial charge in [-0.1, -0.05) is 0 Å². The van der Waals surface area contributed by atoms with Crippen LogP contribution in [0.1, 0.15) is 40.0 Å². The molecule has 14 heavy (non-hydrogen) atoms. The highest BCUT2D eigenvalue weighted by atomic mass is 16.3. The molecule has 2 atom stereocenters. The molecule has 0 aromatic heterocycles. The second-order valence-corrected chi connectivity index (χ2v) is 5.31. The lowest BCUT2D eigenvalue weighted by molar-refractivity contribution is 0.0377. The average Bonchev–Trinajstić information content (AvgIpc) is 2.05. The van der Waals surface area contributed by atoms with Crippen LogP contribution in [0.15, 0.2) is 0 Å². The zero-order valence-corrected chi connectivity index (χ0v) is 9.66. The van der Waals surface area contributed by atoms with Crippen LogP contribution in [0.2, 0.25) is 0 Å². The molecule has 0 radical (unpaired) electrons. The van der Waals surface area contributed by atoms with Crippen molar-refractivity contribution in [3.8, 4) is 0 Å². The third kappa shape index (κ3) is 3.95. The fourth-order valence-corrected chi connectivity index (χ4v) is 1.90. The minimum absolute atomic E-state index is 0.0951. The van der Waals surface area contributed by atoms with Gasteiger partial charge in [0.25, 0.3) is 0 Å². The highest BCUT2D eigenvalue weighted by Gasteiger charge is 2.24. The maximum atomic E-state index is 9.55. The molecule has 3 N–H and O–H groups in total. The number of β-amino-alcohol motifs (C(OH)–C–C–N with tert-alkyl or cyclic N) is 1. The Morgan fingerprint density at radius 2 is 2.07 bits per heavy atom. The van der Waals surface area contributed by atoms with Crippen LogP contribution < -0.4 is 5.73 Å². The fraction of sp³-hybridized carbons (Fsp3) is 1.00. The molecule has 0 aromatic rings. The second kappa shape index (κ2) is 4.60. The number of hydrogen-bond donors (Lipinski definition) is 2. The summed E-state index contributed by atoms with van der Waals surface area (Å²) in [4.78, 5) is 2.35. The molecule has 0 bridgehead atoms. The quantitative estimate of drug-likeness (QED) is 0.713. The maximum absolute atomic E-state index is 9.55. The smallest absolute Gasteiger partial charge is 0.0667 e. The van der Waals surface area contributed by atoms with Crippen LogP contribution in [0.5, 0.6) is 0 Å². The van der Waals surface area contributed by atoms with Crippen LogP contribution in [-0.4, -0.2) is 40.8 Å². The molecule has 1 saturated heterocycles. The summed E-state index contributed by atoms with van der Waals surface area (Å²) in [5.74, 6) is 0. The lowest BCUT2D eigenvalue weighted by Gasteiger charge is -2.37. The van der Waals surface area contributed by atoms with Crippen molar-refractivity contribution in [1.29, 1.82) is 0 Å². The first-order valence-electron chi connectivity index (χ1n) is 5.59. The third-order valence-corrected chi connectivity index (χ3v) is 3.03. The van der Waals surface area contributed by atoms with Crippen molar-refractivity contribution in [1.82, 2.24) is 4.90 Å². The van der Waals surface area contributed by atoms with Crippen LogP contribution in [0.4, 0.5) is 0 Å². The van der Waals surface area contributed by atoms with Gasteiger partial charge in [0.05, 0.1) is 6.10 Å². The minimum Gasteiger partial charge on any atom is -0.392 e. The van der Waals surface area contributed by atoms with Crippen LogP contribution in [0.3, 0.4) is 0 Å². The Balaban J connectivity index is 2.35. The van der Waals surface area contributed by atoms with Crippen molar-refractivity contribution < 1.29 is 5.11 Å². The molecule has 1 aliphatic rings. The Hall–Kier alpha value is -0.120. The molecule has 1 rings (SSSR count). The van der Waals surface area contributed by atoms with Crippen molar-refractivity contribution in [3.63, 3.8) is 0 Å². The summed E-state index contributed by atoms with van der Waals surface area (Å²) in [5, 5.41) is 9.55. The highest BCUT2D eigenvalue weighted by Crippen LogP contribution is 2.18. The van der Waals surface area contributed by atoms with Gasteiger partial charge in [-0.2, -0.15) is 0 Å². The highest BCUT2D eigenvalue weighted by molar-refractivity contribution is 4.81. The molecule has 1 heterocycles. The maximum Gasteiger partial charge on any atom is 0.0667 e. The van der Waals surface area contributed by atoms with Crippen molar-refractivity contribution in [2.75, 3.05) is 13.1 Å². The van der Waals surface area contributed by atoms with Gasteiger partial charge >= 0.3 is 0 Å². The number of nitrogens with two attached hydrogens (primary N) is 1. The van der Waals surface area contributed by atoms with E-state index in [1.807, 2.05) is 0 Å². The Kier molecular flexibility index (Phi) is 3.93. The molecule has 3 nitrogen and oxygen atoms in total. The molecule has 0 amide bonds. The number of piperidine rings is 1. The van der Waals surface area contributed by atoms with Gasteiger partial charge in [-0.15, -0.1) is 0 Å². The van der Waals surface area contributed by atoms with E-state index in [2.05, 4.69) is 25.7 Å². The molecule has 1 fully saturated rings. The largest absolute Gasteiger partial charge is 0.392 e. The Bertz CT molecular complexity index is 177. The number of likely N-dealkylation sites (tertiary alicyclic amines) is 1. The molecule has 1 aliphatic heterocycles. The van der Waals surface area contributed by atoms with E-state index in [0.29, 0.717) is 6.04 Å². The van der Waals surface area contributed by atoms with Gasteiger partial charge in [-0.3, -0.25) is 4.90 Å². The molecule has 0 saturated carbocycles. The van der Waals surface area contributed by atoms with E-state index >= 15 is 0 Å². The molecule has 0 unspecified atom stereocenters. The van der Waals surface area contributed by atoms with Crippen LogP contribution >= 0.6 is 0 Å². The van der Waals surface area contributed by atoms with Gasteiger partial charge < -0.3 is 10.8 Å². The van der Waals surface area contributed by atoms with E-state index in [-0.39, 0.29) is 11.6 Å². The van der Waals surface area contributed by atoms with Crippen LogP contribution in [0, 0.1) is 0 Å². The Morgan fingerprint density at radius 1 is 1.43 bits per heavy atom. The van der Waals surface area contributed by atoms with E-state index < -0.39 is 0 Å². The number of nitrogens with zero attached hydrogens (tertiary/aromatic N) is 1. The fourth-order valence-electron chi connectivity index (χ4n) is 1.90. The summed E-state index contributed by atoms with van der Waals surface area (Å²) in [7, 11) is 0. The topological polar surface area (TPSA) is 49.5 Å². The standard InChI is InChI=1S/C11H24N2O/c1-9-4-5-10(14)8-13(9)7-6-11(2,3)12/h9-10,14H,4-8,12H2,1-3H3/t9-,10-/m1/s1. The monoisotopic (exact) mass is 200 g/mol. The van der Waals surface area contributed by atoms with Gasteiger partial charge in [-0.25, -0.2) is 0 Å². The predicted octanol–water partition coefficient (Wildman–Crippen LogP) is 0.959. The Labute approximate surface area is 87.3 Å². The predicted molar refractivity (Wildman–Crippen MR) is 59.2 cm³/mol. The van der Waals surface area contributed by atoms with Gasteiger partial charge in [0, 0.05) is 24.7 Å². The third-order valence-electron chi connectivity index (χ3n) is 3.03. The van der Waals surface area contributed by atoms with E-state index in [4.69, 9.17) is 5.73 Å². The van der Waals surface area contributed by atoms with E-state index in [1.54, 1.807) is 0 Å². The first kappa shape index (κ1) is 12.0. The molecule has 3 heteroatoms. The summed E-state index contributed by atoms with van der Waals surface area (Å²) in [6.07, 6.45) is 2.91. The minimum atomic E-state index is -0.132. The van der Waals surface area contributed by atoms with Crippen molar-refractivity contribution in [2.45, 2.75) is 57.7 Å². The number of aliphatic hydroxyl groups excluding tert-OH is 1. The van der Waals surface area contributed by atoms with Gasteiger partial charge in [0.2, 0.25) is 0 Å². The van der Waals surface area contributed by atoms with Crippen LogP contribution in [0.25, 0.3) is 0 Å². The number of aliphatic hydroxyl groups is 1. The SMILES string of the molecule is C[C@@H]1CC[C@@H](O)CN1CCC(C)(C)N. The summed E-state index contributed by atoms with van der Waals surface area (Å²) >= 11 is 0. The zero-order chi connectivity index (χ0) is 10.8. The molecule has 84 valence electrons. The van der Waals surface area contributed by atoms with Crippen molar-refractivity contribution in [3.05, 3.63) is 0 Å². The van der Waals surface area contributed by atoms with E-state index in [0.717, 1.165) is 32.4 Å². The van der Waals surface area contributed by atoms with Gasteiger partial charge in [-0.05, 0) is 40.0 Å². The molecule has 0 aliphatic carbocycles. The van der Waals surface area contributed by atoms with Gasteiger partial charge in [0.1, 0.15) is 0 Å². The molecular formula is C11H24N2O. The summed E-state index contributed by atoms with van der Waals surface area (Å²) in [6, 6.07) is 0.598. The lowest BCUT2D eigenvalue weighted by atomic mass is 9.98. The average molecular weight is 200 g/mol. The molecule has 0 spiro atoms. The molecule has 0 aromatic carbocycles.